The van der Waals surface area contributed by atoms with Gasteiger partial charge >= 0.3 is 5.97 Å². The van der Waals surface area contributed by atoms with E-state index in [0.717, 1.165) is 0 Å². The summed E-state index contributed by atoms with van der Waals surface area (Å²) in [6.45, 7) is 0.871. The molecule has 1 heterocycles. The fourth-order valence-corrected chi connectivity index (χ4v) is 2.49. The van der Waals surface area contributed by atoms with Crippen LogP contribution >= 0.6 is 11.6 Å². The number of carboxylic acids is 1. The van der Waals surface area contributed by atoms with Crippen molar-refractivity contribution in [3.8, 4) is 0 Å². The molecule has 1 N–H and O–H groups in total. The highest BCUT2D eigenvalue weighted by Crippen LogP contribution is 2.36. The predicted octanol–water partition coefficient (Wildman–Crippen LogP) is 2.90. The van der Waals surface area contributed by atoms with Gasteiger partial charge in [-0.15, -0.1) is 0 Å². The number of hydrogen-bond acceptors (Lipinski definition) is 2. The molecule has 98 valence electrons. The zero-order valence-electron chi connectivity index (χ0n) is 9.79. The predicted molar refractivity (Wildman–Crippen MR) is 65.2 cm³/mol. The van der Waals surface area contributed by atoms with Crippen LogP contribution in [0.3, 0.4) is 0 Å². The number of carboxylic acid groups (broad SMARTS) is 1. The van der Waals surface area contributed by atoms with Crippen molar-refractivity contribution in [2.24, 2.45) is 5.41 Å². The summed E-state index contributed by atoms with van der Waals surface area (Å²) in [5.74, 6) is -1.26. The average Bonchev–Trinajstić information content (AvgIpc) is 2.34. The summed E-state index contributed by atoms with van der Waals surface area (Å²) in [7, 11) is 0. The number of hydrogen-bond donors (Lipinski definition) is 1. The fraction of sp³-hybridized carbons (Fsp3) is 0.462. The van der Waals surface area contributed by atoms with Crippen LogP contribution in [0.1, 0.15) is 18.4 Å². The highest BCUT2D eigenvalue weighted by atomic mass is 35.5. The largest absolute Gasteiger partial charge is 0.481 e. The third-order valence-corrected chi connectivity index (χ3v) is 3.80. The zero-order valence-corrected chi connectivity index (χ0v) is 10.5. The van der Waals surface area contributed by atoms with Crippen molar-refractivity contribution in [1.82, 2.24) is 0 Å². The maximum atomic E-state index is 13.0. The van der Waals surface area contributed by atoms with Gasteiger partial charge < -0.3 is 9.84 Å². The molecule has 0 atom stereocenters. The van der Waals surface area contributed by atoms with Gasteiger partial charge in [0, 0.05) is 18.2 Å². The van der Waals surface area contributed by atoms with E-state index in [2.05, 4.69) is 0 Å². The molecule has 2 rings (SSSR count). The van der Waals surface area contributed by atoms with E-state index in [0.29, 0.717) is 38.0 Å². The lowest BCUT2D eigenvalue weighted by Crippen LogP contribution is -2.39. The molecule has 1 aromatic rings. The molecule has 5 heteroatoms. The lowest BCUT2D eigenvalue weighted by molar-refractivity contribution is -0.154. The third kappa shape index (κ3) is 2.65. The van der Waals surface area contributed by atoms with Crippen LogP contribution in [-0.2, 0) is 16.0 Å². The first-order valence-corrected chi connectivity index (χ1v) is 6.16. The van der Waals surface area contributed by atoms with Crippen LogP contribution in [0, 0.1) is 11.2 Å². The summed E-state index contributed by atoms with van der Waals surface area (Å²) in [5, 5.41) is 9.70. The van der Waals surface area contributed by atoms with Gasteiger partial charge in [0.05, 0.1) is 5.41 Å². The molecule has 0 aliphatic carbocycles. The fourth-order valence-electron chi connectivity index (χ4n) is 2.26. The van der Waals surface area contributed by atoms with Crippen molar-refractivity contribution in [2.45, 2.75) is 19.3 Å². The van der Waals surface area contributed by atoms with Crippen molar-refractivity contribution < 1.29 is 19.0 Å². The molecule has 0 saturated carbocycles. The Bertz CT molecular complexity index is 456. The summed E-state index contributed by atoms with van der Waals surface area (Å²) in [6, 6.07) is 4.07. The zero-order chi connectivity index (χ0) is 13.2. The number of aliphatic carboxylic acids is 1. The maximum absolute atomic E-state index is 13.0. The molecule has 0 spiro atoms. The topological polar surface area (TPSA) is 46.5 Å². The Morgan fingerprint density at radius 1 is 1.44 bits per heavy atom. The van der Waals surface area contributed by atoms with Crippen molar-refractivity contribution in [1.29, 1.82) is 0 Å². The van der Waals surface area contributed by atoms with Crippen molar-refractivity contribution in [2.75, 3.05) is 13.2 Å². The smallest absolute Gasteiger partial charge is 0.310 e. The van der Waals surface area contributed by atoms with Gasteiger partial charge in [-0.2, -0.15) is 0 Å². The Hall–Kier alpha value is -1.13. The van der Waals surface area contributed by atoms with Crippen molar-refractivity contribution >= 4 is 17.6 Å². The van der Waals surface area contributed by atoms with Gasteiger partial charge in [0.1, 0.15) is 5.82 Å². The quantitative estimate of drug-likeness (QED) is 0.920. The van der Waals surface area contributed by atoms with E-state index >= 15 is 0 Å². The molecular formula is C13H14ClFO3. The summed E-state index contributed by atoms with van der Waals surface area (Å²) < 4.78 is 18.2. The number of halogens is 2. The van der Waals surface area contributed by atoms with E-state index < -0.39 is 17.2 Å². The standard InChI is InChI=1S/C13H14ClFO3/c14-11-7-10(15)2-1-9(11)8-13(12(16)17)3-5-18-6-4-13/h1-2,7H,3-6,8H2,(H,16,17). The molecule has 0 amide bonds. The van der Waals surface area contributed by atoms with Crippen LogP contribution in [0.4, 0.5) is 4.39 Å². The summed E-state index contributed by atoms with van der Waals surface area (Å²) in [4.78, 5) is 11.5. The van der Waals surface area contributed by atoms with Crippen molar-refractivity contribution in [3.63, 3.8) is 0 Å². The molecule has 3 nitrogen and oxygen atoms in total. The van der Waals surface area contributed by atoms with E-state index in [-0.39, 0.29) is 5.02 Å². The van der Waals surface area contributed by atoms with E-state index in [1.807, 2.05) is 0 Å². The van der Waals surface area contributed by atoms with Crippen molar-refractivity contribution in [3.05, 3.63) is 34.6 Å². The van der Waals surface area contributed by atoms with Gasteiger partial charge in [-0.25, -0.2) is 4.39 Å². The minimum absolute atomic E-state index is 0.280. The molecular weight excluding hydrogens is 259 g/mol. The Morgan fingerprint density at radius 2 is 2.11 bits per heavy atom. The molecule has 1 saturated heterocycles. The molecule has 0 aromatic heterocycles. The molecule has 1 aliphatic heterocycles. The Kier molecular flexibility index (Phi) is 3.88. The minimum atomic E-state index is -0.848. The van der Waals surface area contributed by atoms with Gasteiger partial charge in [0.15, 0.2) is 0 Å². The van der Waals surface area contributed by atoms with Gasteiger partial charge in [-0.3, -0.25) is 4.79 Å². The number of ether oxygens (including phenoxy) is 1. The molecule has 0 bridgehead atoms. The molecule has 0 radical (unpaired) electrons. The second-order valence-corrected chi connectivity index (χ2v) is 5.02. The average molecular weight is 273 g/mol. The summed E-state index contributed by atoms with van der Waals surface area (Å²) in [5.41, 5.74) is -0.179. The lowest BCUT2D eigenvalue weighted by atomic mass is 9.75. The summed E-state index contributed by atoms with van der Waals surface area (Å²) in [6.07, 6.45) is 1.22. The highest BCUT2D eigenvalue weighted by Gasteiger charge is 2.40. The maximum Gasteiger partial charge on any atom is 0.310 e. The first kappa shape index (κ1) is 13.3. The Morgan fingerprint density at radius 3 is 2.67 bits per heavy atom. The van der Waals surface area contributed by atoms with Crippen LogP contribution in [0.15, 0.2) is 18.2 Å². The van der Waals surface area contributed by atoms with E-state index in [9.17, 15) is 14.3 Å². The van der Waals surface area contributed by atoms with Gasteiger partial charge in [0.2, 0.25) is 0 Å². The summed E-state index contributed by atoms with van der Waals surface area (Å²) >= 11 is 5.95. The van der Waals surface area contributed by atoms with E-state index in [1.54, 1.807) is 6.07 Å². The Balaban J connectivity index is 2.26. The molecule has 1 aliphatic rings. The van der Waals surface area contributed by atoms with Gasteiger partial charge in [-0.05, 0) is 37.0 Å². The van der Waals surface area contributed by atoms with Crippen LogP contribution in [0.5, 0.6) is 0 Å². The first-order valence-electron chi connectivity index (χ1n) is 5.79. The van der Waals surface area contributed by atoms with Gasteiger partial charge in [0.25, 0.3) is 0 Å². The Labute approximate surface area is 110 Å². The minimum Gasteiger partial charge on any atom is -0.481 e. The van der Waals surface area contributed by atoms with Gasteiger partial charge in [-0.1, -0.05) is 17.7 Å². The van der Waals surface area contributed by atoms with Crippen LogP contribution in [-0.4, -0.2) is 24.3 Å². The normalized spacial score (nSPS) is 18.6. The lowest BCUT2D eigenvalue weighted by Gasteiger charge is -2.33. The SMILES string of the molecule is O=C(O)C1(Cc2ccc(F)cc2Cl)CCOCC1. The molecule has 1 fully saturated rings. The van der Waals surface area contributed by atoms with Crippen LogP contribution < -0.4 is 0 Å². The van der Waals surface area contributed by atoms with E-state index in [4.69, 9.17) is 16.3 Å². The number of rotatable bonds is 3. The first-order chi connectivity index (χ1) is 8.53. The number of carbonyl (C=O) groups is 1. The van der Waals surface area contributed by atoms with E-state index in [1.165, 1.54) is 12.1 Å². The highest BCUT2D eigenvalue weighted by molar-refractivity contribution is 6.31. The van der Waals surface area contributed by atoms with Crippen LogP contribution in [0.2, 0.25) is 5.02 Å². The molecule has 0 unspecified atom stereocenters. The second-order valence-electron chi connectivity index (χ2n) is 4.61. The number of benzene rings is 1. The van der Waals surface area contributed by atoms with Crippen LogP contribution in [0.25, 0.3) is 0 Å². The molecule has 1 aromatic carbocycles. The monoisotopic (exact) mass is 272 g/mol. The third-order valence-electron chi connectivity index (χ3n) is 3.45. The molecule has 18 heavy (non-hydrogen) atoms. The second kappa shape index (κ2) is 5.24.